The highest BCUT2D eigenvalue weighted by Crippen LogP contribution is 2.19. The highest BCUT2D eigenvalue weighted by atomic mass is 35.5. The van der Waals surface area contributed by atoms with Crippen LogP contribution in [0.4, 0.5) is 10.5 Å². The summed E-state index contributed by atoms with van der Waals surface area (Å²) in [4.78, 5) is 18.2. The first-order valence-corrected chi connectivity index (χ1v) is 9.12. The minimum Gasteiger partial charge on any atom is -0.334 e. The van der Waals surface area contributed by atoms with Gasteiger partial charge in [-0.25, -0.2) is 4.79 Å². The van der Waals surface area contributed by atoms with Crippen LogP contribution in [0.15, 0.2) is 53.1 Å². The number of aryl methyl sites for hydroxylation is 1. The van der Waals surface area contributed by atoms with Gasteiger partial charge in [0.05, 0.1) is 0 Å². The Morgan fingerprint density at radius 2 is 1.85 bits per heavy atom. The van der Waals surface area contributed by atoms with E-state index in [1.165, 1.54) is 5.56 Å². The number of hydrogen-bond donors (Lipinski definition) is 1. The molecule has 3 aromatic rings. The van der Waals surface area contributed by atoms with Crippen LogP contribution >= 0.6 is 11.6 Å². The average Bonchev–Trinajstić information content (AvgIpc) is 3.16. The number of likely N-dealkylation sites (N-methyl/N-ethyl adjacent to an activating group) is 1. The summed E-state index contributed by atoms with van der Waals surface area (Å²) in [7, 11) is 1.73. The lowest BCUT2D eigenvalue weighted by atomic mass is 10.1. The molecule has 0 saturated heterocycles. The number of carbonyl (C=O) groups excluding carboxylic acids is 1. The van der Waals surface area contributed by atoms with Gasteiger partial charge in [0, 0.05) is 36.3 Å². The Morgan fingerprint density at radius 3 is 2.52 bits per heavy atom. The fraction of sp³-hybridized carbons (Fsp3) is 0.250. The van der Waals surface area contributed by atoms with E-state index in [1.54, 1.807) is 24.1 Å². The Hall–Kier alpha value is -2.86. The van der Waals surface area contributed by atoms with E-state index < -0.39 is 0 Å². The predicted octanol–water partition coefficient (Wildman–Crippen LogP) is 4.66. The number of nitrogens with zero attached hydrogens (tertiary/aromatic N) is 3. The number of halogens is 1. The van der Waals surface area contributed by atoms with Gasteiger partial charge in [-0.15, -0.1) is 0 Å². The van der Waals surface area contributed by atoms with E-state index in [4.69, 9.17) is 16.1 Å². The van der Waals surface area contributed by atoms with Gasteiger partial charge in [0.15, 0.2) is 5.82 Å². The number of anilines is 1. The first-order chi connectivity index (χ1) is 13.0. The van der Waals surface area contributed by atoms with Crippen molar-refractivity contribution < 1.29 is 9.32 Å². The summed E-state index contributed by atoms with van der Waals surface area (Å²) in [5.41, 5.74) is 2.81. The molecule has 0 spiro atoms. The molecule has 0 unspecified atom stereocenters. The molecule has 7 heteroatoms. The Morgan fingerprint density at radius 1 is 1.15 bits per heavy atom. The first kappa shape index (κ1) is 18.9. The summed E-state index contributed by atoms with van der Waals surface area (Å²) in [6, 6.07) is 14.8. The molecule has 0 atom stereocenters. The molecular formula is C20H21ClN4O2. The largest absolute Gasteiger partial charge is 0.334 e. The molecule has 140 valence electrons. The second-order valence-corrected chi connectivity index (χ2v) is 6.61. The maximum atomic E-state index is 12.3. The van der Waals surface area contributed by atoms with E-state index in [0.29, 0.717) is 29.7 Å². The van der Waals surface area contributed by atoms with E-state index in [2.05, 4.69) is 22.4 Å². The lowest BCUT2D eigenvalue weighted by Crippen LogP contribution is -2.33. The van der Waals surface area contributed by atoms with Gasteiger partial charge in [-0.1, -0.05) is 35.8 Å². The molecule has 0 radical (unpaired) electrons. The minimum absolute atomic E-state index is 0.180. The highest BCUT2D eigenvalue weighted by molar-refractivity contribution is 6.30. The maximum Gasteiger partial charge on any atom is 0.321 e. The number of nitrogens with one attached hydrogen (secondary N) is 1. The van der Waals surface area contributed by atoms with Gasteiger partial charge in [-0.3, -0.25) is 0 Å². The molecular weight excluding hydrogens is 364 g/mol. The van der Waals surface area contributed by atoms with Crippen molar-refractivity contribution in [1.82, 2.24) is 15.0 Å². The van der Waals surface area contributed by atoms with Crippen LogP contribution in [-0.2, 0) is 12.8 Å². The van der Waals surface area contributed by atoms with Gasteiger partial charge in [0.2, 0.25) is 0 Å². The zero-order valence-electron chi connectivity index (χ0n) is 15.3. The van der Waals surface area contributed by atoms with E-state index in [0.717, 1.165) is 17.7 Å². The molecule has 0 aliphatic heterocycles. The maximum absolute atomic E-state index is 12.3. The summed E-state index contributed by atoms with van der Waals surface area (Å²) >= 11 is 5.88. The number of amides is 2. The van der Waals surface area contributed by atoms with Gasteiger partial charge in [0.25, 0.3) is 5.89 Å². The molecule has 0 fully saturated rings. The van der Waals surface area contributed by atoms with Crippen LogP contribution in [0, 0.1) is 0 Å². The zero-order chi connectivity index (χ0) is 19.2. The fourth-order valence-electron chi connectivity index (χ4n) is 2.48. The molecule has 0 saturated carbocycles. The fourth-order valence-corrected chi connectivity index (χ4v) is 2.60. The monoisotopic (exact) mass is 384 g/mol. The van der Waals surface area contributed by atoms with E-state index in [-0.39, 0.29) is 6.03 Å². The summed E-state index contributed by atoms with van der Waals surface area (Å²) in [5.74, 6) is 0.983. The van der Waals surface area contributed by atoms with Crippen molar-refractivity contribution in [3.63, 3.8) is 0 Å². The molecule has 27 heavy (non-hydrogen) atoms. The predicted molar refractivity (Wildman–Crippen MR) is 106 cm³/mol. The number of rotatable bonds is 6. The van der Waals surface area contributed by atoms with Crippen molar-refractivity contribution in [2.75, 3.05) is 18.9 Å². The van der Waals surface area contributed by atoms with E-state index in [1.807, 2.05) is 36.4 Å². The molecule has 2 aromatic carbocycles. The van der Waals surface area contributed by atoms with Crippen LogP contribution in [0.1, 0.15) is 18.3 Å². The Bertz CT molecular complexity index is 891. The number of hydrogen-bond acceptors (Lipinski definition) is 4. The molecule has 0 aliphatic carbocycles. The lowest BCUT2D eigenvalue weighted by Gasteiger charge is -2.17. The number of carbonyl (C=O) groups is 1. The third kappa shape index (κ3) is 5.08. The van der Waals surface area contributed by atoms with Crippen LogP contribution in [0.2, 0.25) is 5.02 Å². The molecule has 1 heterocycles. The number of benzene rings is 2. The van der Waals surface area contributed by atoms with Crippen molar-refractivity contribution in [2.45, 2.75) is 19.8 Å². The summed E-state index contributed by atoms with van der Waals surface area (Å²) in [6.45, 7) is 2.57. The van der Waals surface area contributed by atoms with E-state index >= 15 is 0 Å². The summed E-state index contributed by atoms with van der Waals surface area (Å²) in [5, 5.41) is 7.50. The Kier molecular flexibility index (Phi) is 6.08. The quantitative estimate of drug-likeness (QED) is 0.671. The number of urea groups is 1. The summed E-state index contributed by atoms with van der Waals surface area (Å²) < 4.78 is 5.28. The van der Waals surface area contributed by atoms with Crippen LogP contribution in [0.25, 0.3) is 11.5 Å². The normalized spacial score (nSPS) is 10.6. The third-order valence-corrected chi connectivity index (χ3v) is 4.44. The molecule has 1 N–H and O–H groups in total. The molecule has 1 aromatic heterocycles. The second kappa shape index (κ2) is 8.68. The third-order valence-electron chi connectivity index (χ3n) is 4.19. The van der Waals surface area contributed by atoms with Gasteiger partial charge >= 0.3 is 6.03 Å². The van der Waals surface area contributed by atoms with Gasteiger partial charge in [0.1, 0.15) is 0 Å². The van der Waals surface area contributed by atoms with Crippen LogP contribution in [0.3, 0.4) is 0 Å². The van der Waals surface area contributed by atoms with Crippen LogP contribution in [-0.4, -0.2) is 34.7 Å². The van der Waals surface area contributed by atoms with Crippen LogP contribution < -0.4 is 5.32 Å². The van der Waals surface area contributed by atoms with Crippen molar-refractivity contribution in [1.29, 1.82) is 0 Å². The smallest absolute Gasteiger partial charge is 0.321 e. The molecule has 3 rings (SSSR count). The highest BCUT2D eigenvalue weighted by Gasteiger charge is 2.13. The average molecular weight is 385 g/mol. The Labute approximate surface area is 163 Å². The van der Waals surface area contributed by atoms with Gasteiger partial charge in [-0.2, -0.15) is 4.98 Å². The van der Waals surface area contributed by atoms with Gasteiger partial charge in [-0.05, 0) is 48.4 Å². The van der Waals surface area contributed by atoms with Crippen molar-refractivity contribution in [2.24, 2.45) is 0 Å². The van der Waals surface area contributed by atoms with Crippen molar-refractivity contribution >= 4 is 23.3 Å². The SMILES string of the molecule is CCc1ccc(NC(=O)N(C)CCc2noc(-c3ccc(Cl)cc3)n2)cc1. The van der Waals surface area contributed by atoms with Crippen molar-refractivity contribution in [3.8, 4) is 11.5 Å². The van der Waals surface area contributed by atoms with Crippen molar-refractivity contribution in [3.05, 3.63) is 64.9 Å². The van der Waals surface area contributed by atoms with Gasteiger partial charge < -0.3 is 14.7 Å². The zero-order valence-corrected chi connectivity index (χ0v) is 16.0. The molecule has 0 bridgehead atoms. The Balaban J connectivity index is 1.53. The van der Waals surface area contributed by atoms with E-state index in [9.17, 15) is 4.79 Å². The molecule has 6 nitrogen and oxygen atoms in total. The van der Waals surface area contributed by atoms with Crippen LogP contribution in [0.5, 0.6) is 0 Å². The standard InChI is InChI=1S/C20H21ClN4O2/c1-3-14-4-10-17(11-5-14)22-20(26)25(2)13-12-18-23-19(27-24-18)15-6-8-16(21)9-7-15/h4-11H,3,12-13H2,1-2H3,(H,22,26). The summed E-state index contributed by atoms with van der Waals surface area (Å²) in [6.07, 6.45) is 1.46. The minimum atomic E-state index is -0.180. The molecule has 0 aliphatic rings. The lowest BCUT2D eigenvalue weighted by molar-refractivity contribution is 0.222. The first-order valence-electron chi connectivity index (χ1n) is 8.74. The topological polar surface area (TPSA) is 71.3 Å². The number of aromatic nitrogens is 2. The second-order valence-electron chi connectivity index (χ2n) is 6.17. The molecule has 2 amide bonds.